The van der Waals surface area contributed by atoms with E-state index in [9.17, 15) is 0 Å². The molecule has 1 aromatic heterocycles. The van der Waals surface area contributed by atoms with Gasteiger partial charge in [0.1, 0.15) is 0 Å². The lowest BCUT2D eigenvalue weighted by molar-refractivity contribution is 0.904. The van der Waals surface area contributed by atoms with Crippen LogP contribution in [0.25, 0.3) is 0 Å². The fraction of sp³-hybridized carbons (Fsp3) is 0.444. The summed E-state index contributed by atoms with van der Waals surface area (Å²) in [7, 11) is 0. The summed E-state index contributed by atoms with van der Waals surface area (Å²) in [6.07, 6.45) is 4.46. The van der Waals surface area contributed by atoms with Gasteiger partial charge in [0.25, 0.3) is 0 Å². The van der Waals surface area contributed by atoms with E-state index < -0.39 is 0 Å². The first-order valence-corrected chi connectivity index (χ1v) is 5.11. The number of hydrogen-bond donors (Lipinski definition) is 0. The van der Waals surface area contributed by atoms with Crippen LogP contribution in [0.4, 0.5) is 0 Å². The maximum Gasteiger partial charge on any atom is 0.0564 e. The summed E-state index contributed by atoms with van der Waals surface area (Å²) in [5.74, 6) is 0. The quantitative estimate of drug-likeness (QED) is 0.515. The molecule has 0 bridgehead atoms. The summed E-state index contributed by atoms with van der Waals surface area (Å²) in [5, 5.41) is 0. The zero-order valence-corrected chi connectivity index (χ0v) is 8.63. The van der Waals surface area contributed by atoms with Crippen molar-refractivity contribution in [1.82, 2.24) is 4.98 Å². The number of hydrogen-bond acceptors (Lipinski definition) is 1. The van der Waals surface area contributed by atoms with E-state index in [2.05, 4.69) is 40.6 Å². The second kappa shape index (κ2) is 2.73. The van der Waals surface area contributed by atoms with E-state index in [1.807, 2.05) is 6.20 Å². The van der Waals surface area contributed by atoms with Crippen LogP contribution in [-0.4, -0.2) is 4.98 Å². The van der Waals surface area contributed by atoms with Gasteiger partial charge in [-0.3, -0.25) is 4.98 Å². The average Bonchev–Trinajstić information content (AvgIpc) is 2.32. The topological polar surface area (TPSA) is 12.9 Å². The number of alkyl halides is 1. The third-order valence-corrected chi connectivity index (χ3v) is 3.31. The molecule has 0 saturated heterocycles. The minimum Gasteiger partial charge on any atom is -0.260 e. The minimum atomic E-state index is 0.656. The molecular formula is C9H10IN. The van der Waals surface area contributed by atoms with Crippen molar-refractivity contribution in [1.29, 1.82) is 0 Å². The van der Waals surface area contributed by atoms with Crippen molar-refractivity contribution < 1.29 is 0 Å². The third kappa shape index (κ3) is 1.28. The molecule has 1 heterocycles. The smallest absolute Gasteiger partial charge is 0.0564 e. The summed E-state index contributed by atoms with van der Waals surface area (Å²) in [6, 6.07) is 2.26. The highest BCUT2D eigenvalue weighted by molar-refractivity contribution is 14.1. The number of aromatic nitrogens is 1. The monoisotopic (exact) mass is 259 g/mol. The van der Waals surface area contributed by atoms with Gasteiger partial charge >= 0.3 is 0 Å². The highest BCUT2D eigenvalue weighted by atomic mass is 127. The number of pyridine rings is 1. The Morgan fingerprint density at radius 3 is 3.27 bits per heavy atom. The molecule has 2 rings (SSSR count). The van der Waals surface area contributed by atoms with Crippen LogP contribution in [-0.2, 0) is 6.42 Å². The predicted molar refractivity (Wildman–Crippen MR) is 54.1 cm³/mol. The number of halogens is 1. The zero-order chi connectivity index (χ0) is 7.84. The molecule has 0 spiro atoms. The number of fused-ring (bicyclic) bond motifs is 1. The molecule has 0 aromatic carbocycles. The molecule has 11 heavy (non-hydrogen) atoms. The van der Waals surface area contributed by atoms with Crippen molar-refractivity contribution in [2.75, 3.05) is 0 Å². The van der Waals surface area contributed by atoms with Crippen LogP contribution in [0.3, 0.4) is 0 Å². The molecule has 0 fully saturated rings. The van der Waals surface area contributed by atoms with Gasteiger partial charge in [-0.15, -0.1) is 0 Å². The van der Waals surface area contributed by atoms with E-state index in [-0.39, 0.29) is 0 Å². The fourth-order valence-corrected chi connectivity index (χ4v) is 2.41. The van der Waals surface area contributed by atoms with Gasteiger partial charge in [0.2, 0.25) is 0 Å². The molecule has 1 atom stereocenters. The predicted octanol–water partition coefficient (Wildman–Crippen LogP) is 2.81. The molecule has 1 aliphatic carbocycles. The standard InChI is InChI=1S/C9H10IN/c1-6-4-7-2-3-8(10)9(7)11-5-6/h4-5,8H,2-3H2,1H3. The largest absolute Gasteiger partial charge is 0.260 e. The Labute approximate surface area is 80.4 Å². The molecule has 2 heteroatoms. The van der Waals surface area contributed by atoms with E-state index in [1.54, 1.807) is 0 Å². The van der Waals surface area contributed by atoms with Crippen molar-refractivity contribution in [3.63, 3.8) is 0 Å². The van der Waals surface area contributed by atoms with Gasteiger partial charge in [-0.2, -0.15) is 0 Å². The lowest BCUT2D eigenvalue weighted by Crippen LogP contribution is -1.89. The summed E-state index contributed by atoms with van der Waals surface area (Å²) in [4.78, 5) is 4.43. The van der Waals surface area contributed by atoms with Crippen LogP contribution in [0.2, 0.25) is 0 Å². The molecule has 0 saturated carbocycles. The Hall–Kier alpha value is -0.120. The van der Waals surface area contributed by atoms with Gasteiger partial charge in [-0.1, -0.05) is 28.7 Å². The summed E-state index contributed by atoms with van der Waals surface area (Å²) in [6.45, 7) is 2.10. The normalized spacial score (nSPS) is 21.8. The Bertz CT molecular complexity index is 283. The van der Waals surface area contributed by atoms with E-state index in [1.165, 1.54) is 29.7 Å². The Morgan fingerprint density at radius 2 is 2.45 bits per heavy atom. The summed E-state index contributed by atoms with van der Waals surface area (Å²) < 4.78 is 0.656. The molecular weight excluding hydrogens is 249 g/mol. The molecule has 1 aromatic rings. The van der Waals surface area contributed by atoms with Crippen molar-refractivity contribution in [2.24, 2.45) is 0 Å². The van der Waals surface area contributed by atoms with Gasteiger partial charge < -0.3 is 0 Å². The molecule has 0 radical (unpaired) electrons. The van der Waals surface area contributed by atoms with Crippen LogP contribution in [0.5, 0.6) is 0 Å². The first kappa shape index (κ1) is 7.53. The first-order chi connectivity index (χ1) is 5.27. The van der Waals surface area contributed by atoms with Gasteiger partial charge in [-0.05, 0) is 30.9 Å². The number of nitrogens with zero attached hydrogens (tertiary/aromatic N) is 1. The molecule has 0 N–H and O–H groups in total. The van der Waals surface area contributed by atoms with E-state index >= 15 is 0 Å². The average molecular weight is 259 g/mol. The van der Waals surface area contributed by atoms with Crippen LogP contribution in [0.1, 0.15) is 27.2 Å². The number of rotatable bonds is 0. The fourth-order valence-electron chi connectivity index (χ4n) is 1.54. The maximum atomic E-state index is 4.43. The van der Waals surface area contributed by atoms with Crippen LogP contribution >= 0.6 is 22.6 Å². The molecule has 0 aliphatic heterocycles. The Balaban J connectivity index is 2.50. The molecule has 0 amide bonds. The molecule has 1 aliphatic rings. The minimum absolute atomic E-state index is 0.656. The molecule has 1 nitrogen and oxygen atoms in total. The highest BCUT2D eigenvalue weighted by Gasteiger charge is 2.20. The van der Waals surface area contributed by atoms with Gasteiger partial charge in [0.05, 0.1) is 9.62 Å². The van der Waals surface area contributed by atoms with Gasteiger partial charge in [0.15, 0.2) is 0 Å². The first-order valence-electron chi connectivity index (χ1n) is 3.87. The highest BCUT2D eigenvalue weighted by Crippen LogP contribution is 2.36. The second-order valence-electron chi connectivity index (χ2n) is 3.06. The van der Waals surface area contributed by atoms with Gasteiger partial charge in [-0.25, -0.2) is 0 Å². The van der Waals surface area contributed by atoms with E-state index in [0.717, 1.165) is 0 Å². The van der Waals surface area contributed by atoms with Crippen molar-refractivity contribution in [3.8, 4) is 0 Å². The maximum absolute atomic E-state index is 4.43. The van der Waals surface area contributed by atoms with Crippen LogP contribution in [0.15, 0.2) is 12.3 Å². The van der Waals surface area contributed by atoms with Crippen LogP contribution < -0.4 is 0 Å². The zero-order valence-electron chi connectivity index (χ0n) is 6.47. The van der Waals surface area contributed by atoms with Crippen molar-refractivity contribution in [3.05, 3.63) is 29.1 Å². The lowest BCUT2D eigenvalue weighted by atomic mass is 10.2. The second-order valence-corrected chi connectivity index (χ2v) is 4.57. The van der Waals surface area contributed by atoms with Crippen molar-refractivity contribution >= 4 is 22.6 Å². The lowest BCUT2D eigenvalue weighted by Gasteiger charge is -2.01. The van der Waals surface area contributed by atoms with Crippen LogP contribution in [0, 0.1) is 6.92 Å². The summed E-state index contributed by atoms with van der Waals surface area (Å²) >= 11 is 2.47. The molecule has 58 valence electrons. The van der Waals surface area contributed by atoms with Gasteiger partial charge in [0, 0.05) is 6.20 Å². The Morgan fingerprint density at radius 1 is 1.64 bits per heavy atom. The van der Waals surface area contributed by atoms with Crippen molar-refractivity contribution in [2.45, 2.75) is 23.7 Å². The van der Waals surface area contributed by atoms with E-state index in [0.29, 0.717) is 3.92 Å². The number of aryl methyl sites for hydroxylation is 2. The SMILES string of the molecule is Cc1cnc2c(c1)CCC2I. The Kier molecular flexibility index (Phi) is 1.87. The van der Waals surface area contributed by atoms with E-state index in [4.69, 9.17) is 0 Å². The summed E-state index contributed by atoms with van der Waals surface area (Å²) in [5.41, 5.74) is 4.06. The molecule has 1 unspecified atom stereocenters. The third-order valence-electron chi connectivity index (χ3n) is 2.10.